The molecule has 2 aromatic rings. The number of carbonyl (C=O) groups excluding carboxylic acids is 4. The van der Waals surface area contributed by atoms with Crippen molar-refractivity contribution < 1.29 is 28.7 Å². The predicted octanol–water partition coefficient (Wildman–Crippen LogP) is 10.8. The van der Waals surface area contributed by atoms with Crippen LogP contribution >= 0.6 is 0 Å². The first-order chi connectivity index (χ1) is 25.4. The van der Waals surface area contributed by atoms with Crippen molar-refractivity contribution in [3.8, 4) is 11.5 Å². The molecule has 0 heterocycles. The Bertz CT molecular complexity index is 1190. The second-order valence-corrected chi connectivity index (χ2v) is 12.5. The molecule has 3 rings (SSSR count). The fraction of sp³-hybridized carbons (Fsp3) is 0.644. The van der Waals surface area contributed by atoms with Crippen molar-refractivity contribution in [3.63, 3.8) is 0 Å². The quantitative estimate of drug-likeness (QED) is 0.0993. The van der Waals surface area contributed by atoms with E-state index in [1.165, 1.54) is 51.5 Å². The first-order valence-electron chi connectivity index (χ1n) is 19.9. The molecule has 2 N–H and O–H groups in total. The van der Waals surface area contributed by atoms with Gasteiger partial charge in [-0.25, -0.2) is 0 Å². The molecule has 0 spiro atoms. The second-order valence-electron chi connectivity index (χ2n) is 12.5. The molecule has 2 aromatic carbocycles. The molecule has 8 heteroatoms. The summed E-state index contributed by atoms with van der Waals surface area (Å²) >= 11 is 0. The van der Waals surface area contributed by atoms with Gasteiger partial charge in [-0.05, 0) is 103 Å². The average molecular weight is 745 g/mol. The van der Waals surface area contributed by atoms with Crippen LogP contribution in [0.2, 0.25) is 0 Å². The van der Waals surface area contributed by atoms with Crippen LogP contribution in [0.4, 0.5) is 0 Å². The third-order valence-corrected chi connectivity index (χ3v) is 8.34. The van der Waals surface area contributed by atoms with Crippen LogP contribution in [-0.4, -0.2) is 59.0 Å². The van der Waals surface area contributed by atoms with Gasteiger partial charge in [0.15, 0.2) is 11.6 Å². The molecule has 306 valence electrons. The fourth-order valence-electron chi connectivity index (χ4n) is 5.43. The summed E-state index contributed by atoms with van der Waals surface area (Å²) in [5.41, 5.74) is 3.12. The van der Waals surface area contributed by atoms with E-state index < -0.39 is 0 Å². The van der Waals surface area contributed by atoms with Crippen molar-refractivity contribution in [2.75, 3.05) is 34.9 Å². The summed E-state index contributed by atoms with van der Waals surface area (Å²) in [6.07, 6.45) is 9.94. The maximum atomic E-state index is 11.2. The summed E-state index contributed by atoms with van der Waals surface area (Å²) in [5, 5.41) is 6.27. The van der Waals surface area contributed by atoms with E-state index in [0.29, 0.717) is 29.9 Å². The predicted molar refractivity (Wildman–Crippen MR) is 227 cm³/mol. The van der Waals surface area contributed by atoms with E-state index >= 15 is 0 Å². The summed E-state index contributed by atoms with van der Waals surface area (Å²) in [7, 11) is 7.13. The number of methoxy groups -OCH3 is 2. The molecule has 1 aliphatic carbocycles. The first kappa shape index (κ1) is 56.4. The smallest absolute Gasteiger partial charge is 0.160 e. The first-order valence-corrected chi connectivity index (χ1v) is 19.9. The van der Waals surface area contributed by atoms with Gasteiger partial charge in [-0.1, -0.05) is 93.0 Å². The van der Waals surface area contributed by atoms with Gasteiger partial charge in [0.2, 0.25) is 0 Å². The van der Waals surface area contributed by atoms with Crippen LogP contribution in [-0.2, 0) is 16.1 Å². The highest BCUT2D eigenvalue weighted by molar-refractivity contribution is 6.08. The molecule has 0 bridgehead atoms. The number of nitrogens with one attached hydrogen (secondary N) is 2. The van der Waals surface area contributed by atoms with Crippen LogP contribution in [0, 0.1) is 30.6 Å². The van der Waals surface area contributed by atoms with Gasteiger partial charge < -0.3 is 29.7 Å². The number of aldehydes is 2. The number of hydrogen-bond donors (Lipinski definition) is 2. The van der Waals surface area contributed by atoms with Crippen LogP contribution in [0.1, 0.15) is 153 Å². The molecule has 1 aliphatic rings. The lowest BCUT2D eigenvalue weighted by atomic mass is 9.72. The monoisotopic (exact) mass is 745 g/mol. The molecule has 8 nitrogen and oxygen atoms in total. The SMILES string of the molecule is CC.CC.CC.CC(=O)c1cccc(C)c1C(C)=O.CC(C)C(C=O)CCC=O.CCC1CC(CCCNCc2ccc(OC)cc2OC)C1.CNC. The third-order valence-electron chi connectivity index (χ3n) is 8.34. The van der Waals surface area contributed by atoms with Gasteiger partial charge in [0.05, 0.1) is 14.2 Å². The van der Waals surface area contributed by atoms with Crippen molar-refractivity contribution in [2.45, 2.75) is 135 Å². The minimum absolute atomic E-state index is 0.0525. The molecule has 1 unspecified atom stereocenters. The molecule has 0 saturated heterocycles. The van der Waals surface area contributed by atoms with Gasteiger partial charge in [-0.3, -0.25) is 9.59 Å². The van der Waals surface area contributed by atoms with Crippen LogP contribution in [0.15, 0.2) is 36.4 Å². The number of aryl methyl sites for hydroxylation is 1. The summed E-state index contributed by atoms with van der Waals surface area (Å²) in [6, 6.07) is 11.3. The molecular weight excluding hydrogens is 665 g/mol. The Hall–Kier alpha value is -3.36. The minimum Gasteiger partial charge on any atom is -0.497 e. The lowest BCUT2D eigenvalue weighted by Crippen LogP contribution is -2.24. The van der Waals surface area contributed by atoms with Crippen molar-refractivity contribution in [1.82, 2.24) is 10.6 Å². The number of ketones is 2. The van der Waals surface area contributed by atoms with E-state index in [1.807, 2.05) is 94.6 Å². The molecule has 0 radical (unpaired) electrons. The van der Waals surface area contributed by atoms with Gasteiger partial charge in [-0.15, -0.1) is 0 Å². The van der Waals surface area contributed by atoms with Crippen molar-refractivity contribution in [3.05, 3.63) is 58.7 Å². The highest BCUT2D eigenvalue weighted by Gasteiger charge is 2.26. The molecule has 1 atom stereocenters. The Labute approximate surface area is 326 Å². The maximum Gasteiger partial charge on any atom is 0.160 e. The zero-order valence-corrected chi connectivity index (χ0v) is 36.7. The highest BCUT2D eigenvalue weighted by atomic mass is 16.5. The molecule has 0 aromatic heterocycles. The number of hydrogen-bond acceptors (Lipinski definition) is 8. The molecule has 1 fully saturated rings. The third kappa shape index (κ3) is 26.1. The second kappa shape index (κ2) is 38.4. The normalized spacial score (nSPS) is 13.8. The van der Waals surface area contributed by atoms with Gasteiger partial charge in [-0.2, -0.15) is 0 Å². The minimum atomic E-state index is -0.0612. The standard InChI is InChI=1S/C18H29NO2.C11H12O2.C8H14O2.C2H7N.3C2H6/c1-4-14-10-15(11-14)6-5-9-19-13-16-7-8-17(20-2)12-18(16)21-3;1-7-5-4-6-10(8(2)12)11(7)9(3)13;1-7(2)8(6-10)4-3-5-9;1-3-2;3*1-2/h7-8,12,14-15,19H,4-6,9-11,13H2,1-3H3;4-6H,1-3H3;5-8H,3-4H2,1-2H3;3H,1-2H3;3*1-2H3. The summed E-state index contributed by atoms with van der Waals surface area (Å²) in [4.78, 5) is 42.7. The van der Waals surface area contributed by atoms with E-state index in [-0.39, 0.29) is 17.5 Å². The number of rotatable bonds is 16. The van der Waals surface area contributed by atoms with Gasteiger partial charge in [0.1, 0.15) is 24.1 Å². The van der Waals surface area contributed by atoms with Crippen LogP contribution < -0.4 is 20.1 Å². The fourth-order valence-corrected chi connectivity index (χ4v) is 5.43. The molecule has 1 saturated carbocycles. The Kier molecular flexibility index (Phi) is 40.8. The molecule has 53 heavy (non-hydrogen) atoms. The lowest BCUT2D eigenvalue weighted by Gasteiger charge is -2.34. The van der Waals surface area contributed by atoms with Crippen LogP contribution in [0.25, 0.3) is 0 Å². The van der Waals surface area contributed by atoms with E-state index in [2.05, 4.69) is 23.6 Å². The van der Waals surface area contributed by atoms with Gasteiger partial charge in [0.25, 0.3) is 0 Å². The number of ether oxygens (including phenoxy) is 2. The van der Waals surface area contributed by atoms with Gasteiger partial charge in [0, 0.05) is 41.6 Å². The summed E-state index contributed by atoms with van der Waals surface area (Å²) in [5.74, 6) is 4.05. The van der Waals surface area contributed by atoms with Crippen LogP contribution in [0.3, 0.4) is 0 Å². The Morgan fingerprint density at radius 3 is 1.89 bits per heavy atom. The highest BCUT2D eigenvalue weighted by Crippen LogP contribution is 2.38. The zero-order chi connectivity index (χ0) is 41.8. The molecular formula is C45H80N2O6. The van der Waals surface area contributed by atoms with Crippen LogP contribution in [0.5, 0.6) is 11.5 Å². The zero-order valence-electron chi connectivity index (χ0n) is 36.7. The van der Waals surface area contributed by atoms with E-state index in [9.17, 15) is 19.2 Å². The van der Waals surface area contributed by atoms with E-state index in [0.717, 1.165) is 54.6 Å². The Morgan fingerprint density at radius 1 is 0.887 bits per heavy atom. The largest absolute Gasteiger partial charge is 0.497 e. The van der Waals surface area contributed by atoms with Gasteiger partial charge >= 0.3 is 0 Å². The summed E-state index contributed by atoms with van der Waals surface area (Å²) < 4.78 is 10.6. The van der Waals surface area contributed by atoms with E-state index in [1.54, 1.807) is 26.4 Å². The lowest BCUT2D eigenvalue weighted by molar-refractivity contribution is -0.113. The van der Waals surface area contributed by atoms with Crippen molar-refractivity contribution in [1.29, 1.82) is 0 Å². The number of carbonyl (C=O) groups is 4. The molecule has 0 aliphatic heterocycles. The number of Topliss-reactive ketones (excluding diaryl/α,β-unsaturated/α-hetero) is 2. The summed E-state index contributed by atoms with van der Waals surface area (Å²) in [6.45, 7) is 25.0. The van der Waals surface area contributed by atoms with Crippen molar-refractivity contribution >= 4 is 24.1 Å². The Balaban J connectivity index is -0.000000324. The van der Waals surface area contributed by atoms with Crippen molar-refractivity contribution in [2.24, 2.45) is 23.7 Å². The Morgan fingerprint density at radius 2 is 1.47 bits per heavy atom. The number of benzene rings is 2. The van der Waals surface area contributed by atoms with E-state index in [4.69, 9.17) is 9.47 Å². The maximum absolute atomic E-state index is 11.2. The average Bonchev–Trinajstić information content (AvgIpc) is 3.15. The topological polar surface area (TPSA) is 111 Å². The molecule has 0 amide bonds.